The minimum atomic E-state index is -0.418. The fraction of sp³-hybridized carbons (Fsp3) is 0.176. The van der Waals surface area contributed by atoms with Crippen LogP contribution in [0.25, 0.3) is 0 Å². The lowest BCUT2D eigenvalue weighted by atomic mass is 9.90. The number of carbonyl (C=O) groups excluding carboxylic acids is 2. The summed E-state index contributed by atoms with van der Waals surface area (Å²) in [5, 5.41) is 5.71. The molecule has 0 aromatic heterocycles. The standard InChI is InChI=1S/C17H16N2O2/c20-16-10-14(13-8-4-5-9-15(13)19-16)17(21)18-11-12-6-2-1-3-7-12/h1-9,14H,10-11H2,(H,18,21)(H,19,20)/t14-/m1/s1. The summed E-state index contributed by atoms with van der Waals surface area (Å²) in [5.41, 5.74) is 2.65. The third-order valence-corrected chi connectivity index (χ3v) is 3.63. The lowest BCUT2D eigenvalue weighted by Crippen LogP contribution is -2.34. The summed E-state index contributed by atoms with van der Waals surface area (Å²) in [6.45, 7) is 0.472. The SMILES string of the molecule is O=C1C[C@@H](C(=O)NCc2ccccc2)c2ccccc2N1. The fourth-order valence-electron chi connectivity index (χ4n) is 2.55. The van der Waals surface area contributed by atoms with Crippen LogP contribution in [-0.4, -0.2) is 11.8 Å². The molecule has 0 unspecified atom stereocenters. The van der Waals surface area contributed by atoms with Crippen LogP contribution in [-0.2, 0) is 16.1 Å². The highest BCUT2D eigenvalue weighted by atomic mass is 16.2. The van der Waals surface area contributed by atoms with E-state index in [1.165, 1.54) is 0 Å². The molecule has 1 aliphatic rings. The minimum Gasteiger partial charge on any atom is -0.351 e. The quantitative estimate of drug-likeness (QED) is 0.907. The van der Waals surface area contributed by atoms with E-state index in [2.05, 4.69) is 10.6 Å². The van der Waals surface area contributed by atoms with Gasteiger partial charge in [0.1, 0.15) is 0 Å². The summed E-state index contributed by atoms with van der Waals surface area (Å²) >= 11 is 0. The fourth-order valence-corrected chi connectivity index (χ4v) is 2.55. The number of nitrogens with one attached hydrogen (secondary N) is 2. The van der Waals surface area contributed by atoms with E-state index in [1.807, 2.05) is 54.6 Å². The first-order valence-electron chi connectivity index (χ1n) is 6.94. The first-order valence-corrected chi connectivity index (χ1v) is 6.94. The Morgan fingerprint density at radius 2 is 1.81 bits per heavy atom. The lowest BCUT2D eigenvalue weighted by Gasteiger charge is -2.24. The van der Waals surface area contributed by atoms with Gasteiger partial charge < -0.3 is 10.6 Å². The van der Waals surface area contributed by atoms with Gasteiger partial charge in [0.05, 0.1) is 5.92 Å². The number of hydrogen-bond donors (Lipinski definition) is 2. The number of benzene rings is 2. The first-order chi connectivity index (χ1) is 10.2. The normalized spacial score (nSPS) is 16.8. The topological polar surface area (TPSA) is 58.2 Å². The summed E-state index contributed by atoms with van der Waals surface area (Å²) in [6.07, 6.45) is 0.192. The molecule has 4 nitrogen and oxygen atoms in total. The molecule has 0 bridgehead atoms. The predicted molar refractivity (Wildman–Crippen MR) is 80.7 cm³/mol. The van der Waals surface area contributed by atoms with E-state index in [9.17, 15) is 9.59 Å². The van der Waals surface area contributed by atoms with Crippen molar-refractivity contribution in [3.8, 4) is 0 Å². The highest BCUT2D eigenvalue weighted by molar-refractivity contribution is 6.01. The average Bonchev–Trinajstić information content (AvgIpc) is 2.52. The van der Waals surface area contributed by atoms with Crippen LogP contribution in [0.4, 0.5) is 5.69 Å². The van der Waals surface area contributed by atoms with Gasteiger partial charge in [-0.1, -0.05) is 48.5 Å². The number of para-hydroxylation sites is 1. The molecule has 21 heavy (non-hydrogen) atoms. The molecular weight excluding hydrogens is 264 g/mol. The van der Waals surface area contributed by atoms with E-state index >= 15 is 0 Å². The molecule has 0 fully saturated rings. The molecule has 2 aromatic rings. The Morgan fingerprint density at radius 3 is 2.62 bits per heavy atom. The third kappa shape index (κ3) is 2.94. The van der Waals surface area contributed by atoms with Crippen LogP contribution < -0.4 is 10.6 Å². The van der Waals surface area contributed by atoms with E-state index in [-0.39, 0.29) is 18.2 Å². The second kappa shape index (κ2) is 5.79. The molecular formula is C17H16N2O2. The van der Waals surface area contributed by atoms with Gasteiger partial charge in [0.2, 0.25) is 11.8 Å². The largest absolute Gasteiger partial charge is 0.351 e. The maximum Gasteiger partial charge on any atom is 0.228 e. The van der Waals surface area contributed by atoms with E-state index in [0.29, 0.717) is 6.54 Å². The maximum absolute atomic E-state index is 12.4. The summed E-state index contributed by atoms with van der Waals surface area (Å²) in [7, 11) is 0. The van der Waals surface area contributed by atoms with E-state index in [1.54, 1.807) is 0 Å². The Kier molecular flexibility index (Phi) is 3.69. The summed E-state index contributed by atoms with van der Waals surface area (Å²) in [6, 6.07) is 17.2. The second-order valence-electron chi connectivity index (χ2n) is 5.10. The highest BCUT2D eigenvalue weighted by Crippen LogP contribution is 2.31. The third-order valence-electron chi connectivity index (χ3n) is 3.63. The van der Waals surface area contributed by atoms with Crippen LogP contribution in [0.15, 0.2) is 54.6 Å². The highest BCUT2D eigenvalue weighted by Gasteiger charge is 2.30. The Morgan fingerprint density at radius 1 is 1.10 bits per heavy atom. The Hall–Kier alpha value is -2.62. The van der Waals surface area contributed by atoms with E-state index in [0.717, 1.165) is 16.8 Å². The maximum atomic E-state index is 12.4. The molecule has 1 aliphatic heterocycles. The van der Waals surface area contributed by atoms with Gasteiger partial charge >= 0.3 is 0 Å². The molecule has 1 atom stereocenters. The van der Waals surface area contributed by atoms with Gasteiger partial charge in [0.15, 0.2) is 0 Å². The van der Waals surface area contributed by atoms with Gasteiger partial charge in [-0.2, -0.15) is 0 Å². The van der Waals surface area contributed by atoms with Crippen molar-refractivity contribution in [2.24, 2.45) is 0 Å². The molecule has 0 radical (unpaired) electrons. The van der Waals surface area contributed by atoms with Gasteiger partial charge in [-0.25, -0.2) is 0 Å². The monoisotopic (exact) mass is 280 g/mol. The van der Waals surface area contributed by atoms with Crippen molar-refractivity contribution in [1.29, 1.82) is 0 Å². The van der Waals surface area contributed by atoms with Crippen LogP contribution >= 0.6 is 0 Å². The number of amides is 2. The van der Waals surface area contributed by atoms with Crippen molar-refractivity contribution >= 4 is 17.5 Å². The van der Waals surface area contributed by atoms with Gasteiger partial charge in [-0.15, -0.1) is 0 Å². The molecule has 0 aliphatic carbocycles. The zero-order chi connectivity index (χ0) is 14.7. The van der Waals surface area contributed by atoms with Gasteiger partial charge in [-0.3, -0.25) is 9.59 Å². The molecule has 2 aromatic carbocycles. The molecule has 0 saturated carbocycles. The van der Waals surface area contributed by atoms with Crippen LogP contribution in [0, 0.1) is 0 Å². The molecule has 106 valence electrons. The number of anilines is 1. The molecule has 3 rings (SSSR count). The zero-order valence-electron chi connectivity index (χ0n) is 11.5. The first kappa shape index (κ1) is 13.4. The minimum absolute atomic E-state index is 0.110. The van der Waals surface area contributed by atoms with Crippen molar-refractivity contribution in [2.75, 3.05) is 5.32 Å². The van der Waals surface area contributed by atoms with E-state index < -0.39 is 5.92 Å². The number of hydrogen-bond acceptors (Lipinski definition) is 2. The average molecular weight is 280 g/mol. The Bertz CT molecular complexity index is 668. The van der Waals surface area contributed by atoms with Crippen LogP contribution in [0.1, 0.15) is 23.5 Å². The second-order valence-corrected chi connectivity index (χ2v) is 5.10. The smallest absolute Gasteiger partial charge is 0.228 e. The molecule has 2 amide bonds. The number of rotatable bonds is 3. The summed E-state index contributed by atoms with van der Waals surface area (Å²) in [5.74, 6) is -0.645. The van der Waals surface area contributed by atoms with Gasteiger partial charge in [0.25, 0.3) is 0 Å². The van der Waals surface area contributed by atoms with Gasteiger partial charge in [-0.05, 0) is 17.2 Å². The summed E-state index contributed by atoms with van der Waals surface area (Å²) in [4.78, 5) is 24.1. The predicted octanol–water partition coefficient (Wildman–Crippen LogP) is 2.43. The van der Waals surface area contributed by atoms with Crippen molar-refractivity contribution in [1.82, 2.24) is 5.32 Å². The summed E-state index contributed by atoms with van der Waals surface area (Å²) < 4.78 is 0. The molecule has 0 spiro atoms. The van der Waals surface area contributed by atoms with Crippen LogP contribution in [0.3, 0.4) is 0 Å². The molecule has 1 heterocycles. The Balaban J connectivity index is 1.74. The van der Waals surface area contributed by atoms with Crippen LogP contribution in [0.5, 0.6) is 0 Å². The van der Waals surface area contributed by atoms with E-state index in [4.69, 9.17) is 0 Å². The number of fused-ring (bicyclic) bond motifs is 1. The van der Waals surface area contributed by atoms with Crippen molar-refractivity contribution < 1.29 is 9.59 Å². The van der Waals surface area contributed by atoms with Crippen molar-refractivity contribution in [2.45, 2.75) is 18.9 Å². The zero-order valence-corrected chi connectivity index (χ0v) is 11.5. The van der Waals surface area contributed by atoms with Crippen LogP contribution in [0.2, 0.25) is 0 Å². The van der Waals surface area contributed by atoms with Crippen molar-refractivity contribution in [3.05, 3.63) is 65.7 Å². The number of carbonyl (C=O) groups is 2. The molecule has 4 heteroatoms. The van der Waals surface area contributed by atoms with Gasteiger partial charge in [0, 0.05) is 18.7 Å². The van der Waals surface area contributed by atoms with Crippen molar-refractivity contribution in [3.63, 3.8) is 0 Å². The lowest BCUT2D eigenvalue weighted by molar-refractivity contribution is -0.126. The Labute approximate surface area is 123 Å². The molecule has 0 saturated heterocycles. The molecule has 2 N–H and O–H groups in total.